The predicted molar refractivity (Wildman–Crippen MR) is 45.5 cm³/mol. The number of benzene rings is 1. The van der Waals surface area contributed by atoms with Gasteiger partial charge in [-0.05, 0) is 23.6 Å². The second-order valence-corrected chi connectivity index (χ2v) is 2.86. The van der Waals surface area contributed by atoms with Crippen LogP contribution in [0.5, 0.6) is 0 Å². The van der Waals surface area contributed by atoms with Gasteiger partial charge in [0.15, 0.2) is 0 Å². The molecule has 64 valence electrons. The van der Waals surface area contributed by atoms with E-state index in [1.54, 1.807) is 6.07 Å². The molecule has 0 fully saturated rings. The van der Waals surface area contributed by atoms with E-state index in [0.717, 1.165) is 11.8 Å². The van der Waals surface area contributed by atoms with Gasteiger partial charge >= 0.3 is 0 Å². The van der Waals surface area contributed by atoms with Crippen molar-refractivity contribution < 1.29 is 9.18 Å². The highest BCUT2D eigenvalue weighted by molar-refractivity contribution is 5.51. The molecule has 0 bridgehead atoms. The molecule has 0 radical (unpaired) electrons. The molecule has 0 N–H and O–H groups in total. The number of carbonyl (C=O) groups is 1. The molecule has 1 unspecified atom stereocenters. The minimum Gasteiger partial charge on any atom is -0.303 e. The van der Waals surface area contributed by atoms with Crippen molar-refractivity contribution in [1.29, 1.82) is 0 Å². The number of carbonyl (C=O) groups excluding carboxylic acids is 1. The van der Waals surface area contributed by atoms with E-state index in [0.29, 0.717) is 6.42 Å². The third-order valence-electron chi connectivity index (χ3n) is 1.87. The van der Waals surface area contributed by atoms with Gasteiger partial charge in [-0.3, -0.25) is 0 Å². The Labute approximate surface area is 71.2 Å². The molecule has 0 saturated carbocycles. The van der Waals surface area contributed by atoms with Crippen LogP contribution in [0.3, 0.4) is 0 Å². The molecule has 1 atom stereocenters. The van der Waals surface area contributed by atoms with Crippen molar-refractivity contribution in [3.63, 3.8) is 0 Å². The molecule has 1 rings (SSSR count). The average Bonchev–Trinajstić information content (AvgIpc) is 2.05. The molecule has 1 nitrogen and oxygen atoms in total. The smallest absolute Gasteiger partial charge is 0.123 e. The van der Waals surface area contributed by atoms with Crippen LogP contribution in [0, 0.1) is 5.82 Å². The maximum absolute atomic E-state index is 12.7. The second-order valence-electron chi connectivity index (χ2n) is 2.86. The van der Waals surface area contributed by atoms with E-state index in [4.69, 9.17) is 0 Å². The van der Waals surface area contributed by atoms with E-state index < -0.39 is 0 Å². The number of hydrogen-bond donors (Lipinski definition) is 0. The Bertz CT molecular complexity index is 270. The molecule has 1 aromatic rings. The number of hydrogen-bond acceptors (Lipinski definition) is 1. The normalized spacial score (nSPS) is 12.5. The molecule has 0 spiro atoms. The van der Waals surface area contributed by atoms with Crippen molar-refractivity contribution in [2.45, 2.75) is 19.3 Å². The third-order valence-corrected chi connectivity index (χ3v) is 1.87. The third kappa shape index (κ3) is 2.16. The molecule has 0 aliphatic rings. The first-order chi connectivity index (χ1) is 5.74. The maximum Gasteiger partial charge on any atom is 0.123 e. The highest BCUT2D eigenvalue weighted by atomic mass is 19.1. The van der Waals surface area contributed by atoms with Gasteiger partial charge in [-0.25, -0.2) is 4.39 Å². The van der Waals surface area contributed by atoms with E-state index in [1.807, 2.05) is 13.0 Å². The average molecular weight is 166 g/mol. The molecule has 2 heteroatoms. The number of halogens is 1. The van der Waals surface area contributed by atoms with Gasteiger partial charge in [-0.15, -0.1) is 0 Å². The molecule has 0 aromatic heterocycles. The lowest BCUT2D eigenvalue weighted by Gasteiger charge is -2.06. The van der Waals surface area contributed by atoms with Crippen LogP contribution < -0.4 is 0 Å². The Hall–Kier alpha value is -1.18. The first-order valence-corrected chi connectivity index (χ1v) is 3.93. The zero-order valence-corrected chi connectivity index (χ0v) is 6.96. The summed E-state index contributed by atoms with van der Waals surface area (Å²) in [5.74, 6) is -0.136. The largest absolute Gasteiger partial charge is 0.303 e. The number of rotatable bonds is 3. The summed E-state index contributed by atoms with van der Waals surface area (Å²) in [5.41, 5.74) is 0.877. The molecule has 0 aliphatic heterocycles. The fourth-order valence-corrected chi connectivity index (χ4v) is 1.09. The second kappa shape index (κ2) is 4.00. The summed E-state index contributed by atoms with van der Waals surface area (Å²) in [5, 5.41) is 0. The van der Waals surface area contributed by atoms with E-state index >= 15 is 0 Å². The van der Waals surface area contributed by atoms with Crippen molar-refractivity contribution in [2.75, 3.05) is 0 Å². The molecule has 0 aliphatic carbocycles. The van der Waals surface area contributed by atoms with Gasteiger partial charge in [0.1, 0.15) is 12.1 Å². The Morgan fingerprint density at radius 1 is 1.58 bits per heavy atom. The minimum atomic E-state index is -0.245. The van der Waals surface area contributed by atoms with E-state index in [9.17, 15) is 9.18 Å². The first kappa shape index (κ1) is 8.91. The quantitative estimate of drug-likeness (QED) is 0.630. The summed E-state index contributed by atoms with van der Waals surface area (Å²) >= 11 is 0. The van der Waals surface area contributed by atoms with Crippen LogP contribution in [0.4, 0.5) is 4.39 Å². The van der Waals surface area contributed by atoms with Gasteiger partial charge in [-0.1, -0.05) is 19.1 Å². The molecular weight excluding hydrogens is 155 g/mol. The fraction of sp³-hybridized carbons (Fsp3) is 0.300. The lowest BCUT2D eigenvalue weighted by Crippen LogP contribution is -1.94. The summed E-state index contributed by atoms with van der Waals surface area (Å²) in [7, 11) is 0. The predicted octanol–water partition coefficient (Wildman–Crippen LogP) is 2.52. The summed E-state index contributed by atoms with van der Waals surface area (Å²) in [6.07, 6.45) is 1.30. The summed E-state index contributed by atoms with van der Waals surface area (Å²) in [4.78, 5) is 10.2. The molecule has 0 amide bonds. The zero-order valence-electron chi connectivity index (χ0n) is 6.96. The molecule has 12 heavy (non-hydrogen) atoms. The van der Waals surface area contributed by atoms with Crippen LogP contribution in [-0.2, 0) is 4.79 Å². The van der Waals surface area contributed by atoms with Crippen LogP contribution in [0.25, 0.3) is 0 Å². The van der Waals surface area contributed by atoms with Crippen LogP contribution in [-0.4, -0.2) is 6.29 Å². The summed E-state index contributed by atoms with van der Waals surface area (Å²) in [6.45, 7) is 1.91. The van der Waals surface area contributed by atoms with Crippen molar-refractivity contribution in [1.82, 2.24) is 0 Å². The lowest BCUT2D eigenvalue weighted by molar-refractivity contribution is -0.108. The monoisotopic (exact) mass is 166 g/mol. The molecule has 0 saturated heterocycles. The Morgan fingerprint density at radius 2 is 2.33 bits per heavy atom. The zero-order chi connectivity index (χ0) is 8.97. The lowest BCUT2D eigenvalue weighted by atomic mass is 9.99. The van der Waals surface area contributed by atoms with Gasteiger partial charge in [0.05, 0.1) is 0 Å². The SMILES string of the molecule is CC(CC=O)c1cccc(F)c1. The van der Waals surface area contributed by atoms with E-state index in [2.05, 4.69) is 0 Å². The standard InChI is InChI=1S/C10H11FO/c1-8(5-6-12)9-3-2-4-10(11)7-9/h2-4,6-8H,5H2,1H3. The van der Waals surface area contributed by atoms with Crippen molar-refractivity contribution >= 4 is 6.29 Å². The van der Waals surface area contributed by atoms with Gasteiger partial charge in [0, 0.05) is 6.42 Å². The van der Waals surface area contributed by atoms with Gasteiger partial charge in [-0.2, -0.15) is 0 Å². The summed E-state index contributed by atoms with van der Waals surface area (Å²) < 4.78 is 12.7. The van der Waals surface area contributed by atoms with Gasteiger partial charge in [0.2, 0.25) is 0 Å². The van der Waals surface area contributed by atoms with E-state index in [-0.39, 0.29) is 11.7 Å². The Balaban J connectivity index is 2.80. The van der Waals surface area contributed by atoms with Crippen LogP contribution in [0.2, 0.25) is 0 Å². The highest BCUT2D eigenvalue weighted by Crippen LogP contribution is 2.17. The highest BCUT2D eigenvalue weighted by Gasteiger charge is 2.04. The van der Waals surface area contributed by atoms with Crippen molar-refractivity contribution in [2.24, 2.45) is 0 Å². The minimum absolute atomic E-state index is 0.109. The number of aldehydes is 1. The Kier molecular flexibility index (Phi) is 2.97. The first-order valence-electron chi connectivity index (χ1n) is 3.93. The van der Waals surface area contributed by atoms with Crippen LogP contribution in [0.1, 0.15) is 24.8 Å². The topological polar surface area (TPSA) is 17.1 Å². The molecule has 0 heterocycles. The molecule has 1 aromatic carbocycles. The Morgan fingerprint density at radius 3 is 2.92 bits per heavy atom. The maximum atomic E-state index is 12.7. The van der Waals surface area contributed by atoms with Crippen molar-refractivity contribution in [3.8, 4) is 0 Å². The fourth-order valence-electron chi connectivity index (χ4n) is 1.09. The summed E-state index contributed by atoms with van der Waals surface area (Å²) in [6, 6.07) is 6.36. The van der Waals surface area contributed by atoms with Crippen molar-refractivity contribution in [3.05, 3.63) is 35.6 Å². The molecular formula is C10H11FO. The van der Waals surface area contributed by atoms with Gasteiger partial charge < -0.3 is 4.79 Å². The van der Waals surface area contributed by atoms with Crippen LogP contribution in [0.15, 0.2) is 24.3 Å². The van der Waals surface area contributed by atoms with E-state index in [1.165, 1.54) is 12.1 Å². The van der Waals surface area contributed by atoms with Gasteiger partial charge in [0.25, 0.3) is 0 Å². The van der Waals surface area contributed by atoms with Crippen LogP contribution >= 0.6 is 0 Å².